The van der Waals surface area contributed by atoms with Crippen LogP contribution in [0, 0.1) is 0 Å². The zero-order valence-corrected chi connectivity index (χ0v) is 13.2. The first-order chi connectivity index (χ1) is 7.59. The fraction of sp³-hybridized carbons (Fsp3) is 0.250. The fourth-order valence-electron chi connectivity index (χ4n) is 1.04. The molecule has 18 heavy (non-hydrogen) atoms. The van der Waals surface area contributed by atoms with Crippen molar-refractivity contribution in [1.82, 2.24) is 0 Å². The summed E-state index contributed by atoms with van der Waals surface area (Å²) in [4.78, 5) is -0.00259. The molecule has 0 aliphatic carbocycles. The minimum absolute atomic E-state index is 0. The second-order valence-electron chi connectivity index (χ2n) is 3.27. The number of alkyl halides is 3. The van der Waals surface area contributed by atoms with Gasteiger partial charge in [0.15, 0.2) is 0 Å². The molecule has 0 aliphatic heterocycles. The van der Waals surface area contributed by atoms with Crippen molar-refractivity contribution >= 4 is 24.4 Å². The molecule has 0 atom stereocenters. The average molecular weight is 313 g/mol. The van der Waals surface area contributed by atoms with Gasteiger partial charge in [-0.25, -0.2) is 0 Å². The van der Waals surface area contributed by atoms with E-state index in [2.05, 4.69) is 0 Å². The molecule has 0 fully saturated rings. The quantitative estimate of drug-likeness (QED) is 0.386. The molecule has 10 heteroatoms. The fourth-order valence-corrected chi connectivity index (χ4v) is 1.80. The Morgan fingerprint density at radius 1 is 1.17 bits per heavy atom. The summed E-state index contributed by atoms with van der Waals surface area (Å²) in [5, 5.41) is 0. The first-order valence-corrected chi connectivity index (χ1v) is 5.38. The second-order valence-corrected chi connectivity index (χ2v) is 4.33. The van der Waals surface area contributed by atoms with Gasteiger partial charge in [-0.15, -0.1) is 0 Å². The molecule has 1 nitrogen and oxygen atoms in total. The number of hydrogen-bond donors (Lipinski definition) is 1. The molecule has 0 aliphatic rings. The van der Waals surface area contributed by atoms with E-state index < -0.39 is 24.4 Å². The Morgan fingerprint density at radius 3 is 2.11 bits per heavy atom. The zero-order chi connectivity index (χ0) is 13.3. The van der Waals surface area contributed by atoms with Gasteiger partial charge in [-0.3, -0.25) is 0 Å². The molecular formula is C8H7BF6KNS. The van der Waals surface area contributed by atoms with Gasteiger partial charge in [0.25, 0.3) is 0 Å². The first-order valence-electron chi connectivity index (χ1n) is 4.40. The smallest absolute Gasteiger partial charge is 0.448 e. The summed E-state index contributed by atoms with van der Waals surface area (Å²) in [6.45, 7) is -4.99. The van der Waals surface area contributed by atoms with Gasteiger partial charge in [0.2, 0.25) is 0 Å². The van der Waals surface area contributed by atoms with Crippen LogP contribution < -0.4 is 57.1 Å². The van der Waals surface area contributed by atoms with E-state index in [1.54, 1.807) is 0 Å². The van der Waals surface area contributed by atoms with Gasteiger partial charge in [-0.2, -0.15) is 24.9 Å². The van der Waals surface area contributed by atoms with E-state index in [-0.39, 0.29) is 62.0 Å². The summed E-state index contributed by atoms with van der Waals surface area (Å²) in [5.41, 5.74) is 2.86. The summed E-state index contributed by atoms with van der Waals surface area (Å²) >= 11 is 0.384. The molecule has 1 aromatic rings. The third-order valence-corrected chi connectivity index (χ3v) is 2.99. The summed E-state index contributed by atoms with van der Waals surface area (Å²) in [7, 11) is 0. The number of thioether (sulfide) groups is 1. The molecule has 1 aromatic carbocycles. The van der Waals surface area contributed by atoms with Crippen LogP contribution >= 0.6 is 11.8 Å². The molecular weight excluding hydrogens is 306 g/mol. The molecule has 0 heterocycles. The van der Waals surface area contributed by atoms with Gasteiger partial charge in [0, 0.05) is 10.6 Å². The van der Waals surface area contributed by atoms with Crippen molar-refractivity contribution in [2.45, 2.75) is 11.1 Å². The van der Waals surface area contributed by atoms with Crippen molar-refractivity contribution in [2.24, 2.45) is 0 Å². The minimum Gasteiger partial charge on any atom is -0.448 e. The summed E-state index contributed by atoms with van der Waals surface area (Å²) in [6, 6.07) is 2.29. The number of nitrogens with two attached hydrogens (primary N) is 1. The van der Waals surface area contributed by atoms with Crippen molar-refractivity contribution in [3.05, 3.63) is 23.8 Å². The molecule has 0 amide bonds. The summed E-state index contributed by atoms with van der Waals surface area (Å²) in [6.07, 6.45) is -4.55. The molecule has 2 N–H and O–H groups in total. The van der Waals surface area contributed by atoms with Crippen LogP contribution in [-0.4, -0.2) is 12.6 Å². The maximum Gasteiger partial charge on any atom is 1.00 e. The largest absolute Gasteiger partial charge is 1.00 e. The number of anilines is 1. The predicted molar refractivity (Wildman–Crippen MR) is 55.7 cm³/mol. The third-order valence-electron chi connectivity index (χ3n) is 1.76. The second kappa shape index (κ2) is 6.89. The first kappa shape index (κ1) is 18.7. The van der Waals surface area contributed by atoms with Crippen molar-refractivity contribution in [1.29, 1.82) is 0 Å². The molecule has 1 rings (SSSR count). The Bertz CT molecular complexity index is 408. The molecule has 0 radical (unpaired) electrons. The van der Waals surface area contributed by atoms with E-state index in [4.69, 9.17) is 5.73 Å². The van der Waals surface area contributed by atoms with Crippen LogP contribution in [0.4, 0.5) is 31.8 Å². The zero-order valence-electron chi connectivity index (χ0n) is 9.27. The van der Waals surface area contributed by atoms with E-state index in [0.717, 1.165) is 6.07 Å². The van der Waals surface area contributed by atoms with Crippen LogP contribution in [0.3, 0.4) is 0 Å². The molecule has 0 bridgehead atoms. The minimum atomic E-state index is -4.99. The van der Waals surface area contributed by atoms with E-state index in [1.165, 1.54) is 0 Å². The van der Waals surface area contributed by atoms with E-state index in [9.17, 15) is 26.1 Å². The molecule has 0 spiro atoms. The average Bonchev–Trinajstić information content (AvgIpc) is 2.12. The number of hydrogen-bond acceptors (Lipinski definition) is 2. The van der Waals surface area contributed by atoms with Crippen LogP contribution in [0.1, 0.15) is 5.56 Å². The van der Waals surface area contributed by atoms with Crippen LogP contribution in [0.15, 0.2) is 23.1 Å². The standard InChI is InChI=1S/C8H7BF6NS.K/c10-8(11,12)5-1-2-7(6(16)3-5)17-4-9(13,14)15;/h1-3H,4,16H2;/q-1;+1. The van der Waals surface area contributed by atoms with Crippen molar-refractivity contribution in [2.75, 3.05) is 11.4 Å². The van der Waals surface area contributed by atoms with Gasteiger partial charge in [0.05, 0.1) is 5.56 Å². The van der Waals surface area contributed by atoms with Gasteiger partial charge in [0.1, 0.15) is 0 Å². The van der Waals surface area contributed by atoms with Crippen molar-refractivity contribution in [3.8, 4) is 0 Å². The van der Waals surface area contributed by atoms with Crippen molar-refractivity contribution in [3.63, 3.8) is 0 Å². The maximum absolute atomic E-state index is 12.2. The molecule has 0 unspecified atom stereocenters. The molecule has 0 saturated heterocycles. The van der Waals surface area contributed by atoms with Gasteiger partial charge in [-0.1, -0.05) is 0 Å². The molecule has 0 saturated carbocycles. The Hall–Kier alpha value is 0.651. The molecule has 0 aromatic heterocycles. The normalized spacial score (nSPS) is 12.1. The molecule has 96 valence electrons. The van der Waals surface area contributed by atoms with Gasteiger partial charge < -0.3 is 18.7 Å². The number of rotatable bonds is 3. The Kier molecular flexibility index (Phi) is 7.14. The van der Waals surface area contributed by atoms with E-state index >= 15 is 0 Å². The van der Waals surface area contributed by atoms with Gasteiger partial charge >= 0.3 is 64.5 Å². The van der Waals surface area contributed by atoms with Gasteiger partial charge in [-0.05, 0) is 23.9 Å². The SMILES string of the molecule is Nc1cc(C(F)(F)F)ccc1SC[B-](F)(F)F.[K+]. The monoisotopic (exact) mass is 313 g/mol. The number of benzene rings is 1. The third kappa shape index (κ3) is 6.20. The summed E-state index contributed by atoms with van der Waals surface area (Å²) in [5.74, 6) is 0. The summed E-state index contributed by atoms with van der Waals surface area (Å²) < 4.78 is 72.6. The number of nitrogen functional groups attached to an aromatic ring is 1. The van der Waals surface area contributed by atoms with E-state index in [0.29, 0.717) is 23.9 Å². The maximum atomic E-state index is 12.2. The van der Waals surface area contributed by atoms with E-state index in [1.807, 2.05) is 0 Å². The van der Waals surface area contributed by atoms with Crippen LogP contribution in [0.2, 0.25) is 0 Å². The Labute approximate surface area is 146 Å². The van der Waals surface area contributed by atoms with Crippen LogP contribution in [-0.2, 0) is 6.18 Å². The van der Waals surface area contributed by atoms with Crippen molar-refractivity contribution < 1.29 is 77.5 Å². The topological polar surface area (TPSA) is 26.0 Å². The van der Waals surface area contributed by atoms with Crippen LogP contribution in [0.5, 0.6) is 0 Å². The Balaban J connectivity index is 0.00000289. The van der Waals surface area contributed by atoms with Crippen LogP contribution in [0.25, 0.3) is 0 Å². The Morgan fingerprint density at radius 2 is 1.72 bits per heavy atom. The predicted octanol–water partition coefficient (Wildman–Crippen LogP) is 0.770. The number of halogens is 6.